The van der Waals surface area contributed by atoms with Gasteiger partial charge in [-0.1, -0.05) is 51.1 Å². The van der Waals surface area contributed by atoms with Crippen molar-refractivity contribution in [1.82, 2.24) is 4.90 Å². The van der Waals surface area contributed by atoms with E-state index < -0.39 is 17.7 Å². The molecule has 32 heavy (non-hydrogen) atoms. The first-order chi connectivity index (χ1) is 15.1. The molecule has 1 atom stereocenters. The molecule has 6 nitrogen and oxygen atoms in total. The number of nitrogens with zero attached hydrogens (tertiary/aromatic N) is 1. The number of hydrogen-bond acceptors (Lipinski definition) is 5. The third-order valence-corrected chi connectivity index (χ3v) is 5.87. The smallest absolute Gasteiger partial charge is 0.295 e. The van der Waals surface area contributed by atoms with Crippen LogP contribution in [0.15, 0.2) is 48.0 Å². The summed E-state index contributed by atoms with van der Waals surface area (Å²) in [7, 11) is 3.08. The topological polar surface area (TPSA) is 76.1 Å². The van der Waals surface area contributed by atoms with E-state index in [0.717, 1.165) is 11.1 Å². The summed E-state index contributed by atoms with van der Waals surface area (Å²) in [6.45, 7) is 8.60. The lowest BCUT2D eigenvalue weighted by Gasteiger charge is -2.26. The number of carbonyl (C=O) groups is 2. The highest BCUT2D eigenvalue weighted by Crippen LogP contribution is 2.43. The number of aryl methyl sites for hydroxylation is 1. The standard InChI is InChI=1S/C26H31NO5/c1-16-11-12-17(26(2,3)4)15-19(16)23(28)21-22(18-9-7-8-10-20(18)32-6)27(13-14-31-5)25(30)24(21)29/h7-12,15,22,28H,13-14H2,1-6H3/b23-21+. The van der Waals surface area contributed by atoms with Crippen molar-refractivity contribution in [3.05, 3.63) is 70.3 Å². The van der Waals surface area contributed by atoms with E-state index >= 15 is 0 Å². The number of aliphatic hydroxyl groups is 1. The zero-order chi connectivity index (χ0) is 23.6. The van der Waals surface area contributed by atoms with Gasteiger partial charge >= 0.3 is 0 Å². The molecule has 6 heteroatoms. The third kappa shape index (κ3) is 4.28. The zero-order valence-electron chi connectivity index (χ0n) is 19.6. The van der Waals surface area contributed by atoms with Crippen LogP contribution in [0, 0.1) is 6.92 Å². The van der Waals surface area contributed by atoms with Gasteiger partial charge in [-0.05, 0) is 35.6 Å². The van der Waals surface area contributed by atoms with Crippen molar-refractivity contribution in [2.45, 2.75) is 39.2 Å². The molecule has 1 heterocycles. The number of methoxy groups -OCH3 is 2. The molecule has 0 bridgehead atoms. The average Bonchev–Trinajstić information content (AvgIpc) is 3.01. The highest BCUT2D eigenvalue weighted by atomic mass is 16.5. The molecule has 0 radical (unpaired) electrons. The predicted octanol–water partition coefficient (Wildman–Crippen LogP) is 4.37. The number of amides is 1. The molecule has 1 amide bonds. The van der Waals surface area contributed by atoms with Crippen LogP contribution in [0.3, 0.4) is 0 Å². The number of benzene rings is 2. The molecule has 1 N–H and O–H groups in total. The van der Waals surface area contributed by atoms with Crippen LogP contribution in [0.25, 0.3) is 5.76 Å². The van der Waals surface area contributed by atoms with Gasteiger partial charge in [-0.25, -0.2) is 0 Å². The van der Waals surface area contributed by atoms with E-state index in [2.05, 4.69) is 20.8 Å². The summed E-state index contributed by atoms with van der Waals surface area (Å²) < 4.78 is 10.7. The number of rotatable bonds is 6. The molecule has 2 aromatic rings. The molecular weight excluding hydrogens is 406 g/mol. The van der Waals surface area contributed by atoms with Crippen molar-refractivity contribution in [2.75, 3.05) is 27.4 Å². The van der Waals surface area contributed by atoms with Crippen LogP contribution in [-0.2, 0) is 19.7 Å². The quantitative estimate of drug-likeness (QED) is 0.413. The Balaban J connectivity index is 2.27. The number of para-hydroxylation sites is 1. The van der Waals surface area contributed by atoms with Crippen molar-refractivity contribution < 1.29 is 24.2 Å². The molecule has 1 fully saturated rings. The summed E-state index contributed by atoms with van der Waals surface area (Å²) in [5, 5.41) is 11.4. The van der Waals surface area contributed by atoms with Gasteiger partial charge in [0.15, 0.2) is 0 Å². The van der Waals surface area contributed by atoms with Gasteiger partial charge < -0.3 is 19.5 Å². The minimum Gasteiger partial charge on any atom is -0.507 e. The average molecular weight is 438 g/mol. The number of likely N-dealkylation sites (tertiary alicyclic amines) is 1. The van der Waals surface area contributed by atoms with E-state index in [1.54, 1.807) is 12.1 Å². The maximum absolute atomic E-state index is 13.2. The Hall–Kier alpha value is -3.12. The number of ketones is 1. The number of hydrogen-bond donors (Lipinski definition) is 1. The second-order valence-corrected chi connectivity index (χ2v) is 9.01. The SMILES string of the molecule is COCCN1C(=O)C(=O)/C(=C(/O)c2cc(C(C)(C)C)ccc2C)C1c1ccccc1OC. The Kier molecular flexibility index (Phi) is 6.74. The summed E-state index contributed by atoms with van der Waals surface area (Å²) >= 11 is 0. The van der Waals surface area contributed by atoms with Crippen LogP contribution in [0.1, 0.15) is 49.1 Å². The molecule has 2 aromatic carbocycles. The fraction of sp³-hybridized carbons (Fsp3) is 0.385. The van der Waals surface area contributed by atoms with Gasteiger partial charge in [-0.15, -0.1) is 0 Å². The third-order valence-electron chi connectivity index (χ3n) is 5.87. The Morgan fingerprint density at radius 2 is 1.78 bits per heavy atom. The molecule has 1 aliphatic heterocycles. The Labute approximate surface area is 189 Å². The lowest BCUT2D eigenvalue weighted by molar-refractivity contribution is -0.140. The molecular formula is C26H31NO5. The Morgan fingerprint density at radius 3 is 2.41 bits per heavy atom. The minimum absolute atomic E-state index is 0.0600. The summed E-state index contributed by atoms with van der Waals surface area (Å²) in [6.07, 6.45) is 0. The highest BCUT2D eigenvalue weighted by Gasteiger charge is 2.47. The van der Waals surface area contributed by atoms with Crippen molar-refractivity contribution in [1.29, 1.82) is 0 Å². The highest BCUT2D eigenvalue weighted by molar-refractivity contribution is 6.46. The molecule has 1 saturated heterocycles. The second-order valence-electron chi connectivity index (χ2n) is 9.01. The first kappa shape index (κ1) is 23.5. The summed E-state index contributed by atoms with van der Waals surface area (Å²) in [4.78, 5) is 27.6. The van der Waals surface area contributed by atoms with Gasteiger partial charge in [0.1, 0.15) is 11.5 Å². The number of Topliss-reactive ketones (excluding diaryl/α,β-unsaturated/α-hetero) is 1. The Bertz CT molecular complexity index is 1060. The summed E-state index contributed by atoms with van der Waals surface area (Å²) in [5.74, 6) is -1.02. The van der Waals surface area contributed by atoms with E-state index in [1.807, 2.05) is 37.3 Å². The van der Waals surface area contributed by atoms with Gasteiger partial charge in [-0.3, -0.25) is 9.59 Å². The van der Waals surface area contributed by atoms with Crippen LogP contribution in [0.4, 0.5) is 0 Å². The van der Waals surface area contributed by atoms with E-state index in [9.17, 15) is 14.7 Å². The molecule has 170 valence electrons. The maximum Gasteiger partial charge on any atom is 0.295 e. The van der Waals surface area contributed by atoms with Crippen molar-refractivity contribution in [3.8, 4) is 5.75 Å². The lowest BCUT2D eigenvalue weighted by atomic mass is 9.84. The second kappa shape index (κ2) is 9.17. The first-order valence-electron chi connectivity index (χ1n) is 10.6. The van der Waals surface area contributed by atoms with Gasteiger partial charge in [0.05, 0.1) is 25.3 Å². The summed E-state index contributed by atoms with van der Waals surface area (Å²) in [5.41, 5.74) is 2.93. The van der Waals surface area contributed by atoms with Crippen molar-refractivity contribution in [2.24, 2.45) is 0 Å². The van der Waals surface area contributed by atoms with E-state index in [0.29, 0.717) is 16.9 Å². The fourth-order valence-corrected chi connectivity index (χ4v) is 4.00. The van der Waals surface area contributed by atoms with Gasteiger partial charge in [0.2, 0.25) is 0 Å². The van der Waals surface area contributed by atoms with Crippen LogP contribution in [0.2, 0.25) is 0 Å². The Morgan fingerprint density at radius 1 is 1.09 bits per heavy atom. The molecule has 0 saturated carbocycles. The minimum atomic E-state index is -0.779. The maximum atomic E-state index is 13.2. The van der Waals surface area contributed by atoms with E-state index in [4.69, 9.17) is 9.47 Å². The van der Waals surface area contributed by atoms with Crippen LogP contribution in [0.5, 0.6) is 5.75 Å². The van der Waals surface area contributed by atoms with Crippen molar-refractivity contribution in [3.63, 3.8) is 0 Å². The normalized spacial score (nSPS) is 18.3. The number of aliphatic hydroxyl groups excluding tert-OH is 1. The lowest BCUT2D eigenvalue weighted by Crippen LogP contribution is -2.32. The molecule has 1 unspecified atom stereocenters. The van der Waals surface area contributed by atoms with E-state index in [-0.39, 0.29) is 29.9 Å². The molecule has 0 spiro atoms. The molecule has 3 rings (SSSR count). The number of ether oxygens (including phenoxy) is 2. The van der Waals surface area contributed by atoms with Crippen LogP contribution in [-0.4, -0.2) is 49.1 Å². The molecule has 0 aliphatic carbocycles. The van der Waals surface area contributed by atoms with Crippen LogP contribution >= 0.6 is 0 Å². The van der Waals surface area contributed by atoms with E-state index in [1.165, 1.54) is 19.1 Å². The van der Waals surface area contributed by atoms with Crippen LogP contribution < -0.4 is 4.74 Å². The van der Waals surface area contributed by atoms with Crippen molar-refractivity contribution >= 4 is 17.4 Å². The molecule has 0 aromatic heterocycles. The first-order valence-corrected chi connectivity index (χ1v) is 10.6. The zero-order valence-corrected chi connectivity index (χ0v) is 19.6. The number of carbonyl (C=O) groups excluding carboxylic acids is 2. The monoisotopic (exact) mass is 437 g/mol. The van der Waals surface area contributed by atoms with Gasteiger partial charge in [0.25, 0.3) is 11.7 Å². The fourth-order valence-electron chi connectivity index (χ4n) is 4.00. The largest absolute Gasteiger partial charge is 0.507 e. The predicted molar refractivity (Wildman–Crippen MR) is 124 cm³/mol. The van der Waals surface area contributed by atoms with Gasteiger partial charge in [0, 0.05) is 24.8 Å². The summed E-state index contributed by atoms with van der Waals surface area (Å²) in [6, 6.07) is 12.3. The molecule has 1 aliphatic rings. The van der Waals surface area contributed by atoms with Gasteiger partial charge in [-0.2, -0.15) is 0 Å².